The van der Waals surface area contributed by atoms with Gasteiger partial charge in [0.15, 0.2) is 0 Å². The lowest BCUT2D eigenvalue weighted by atomic mass is 9.78. The number of aryl methyl sites for hydroxylation is 2. The molecule has 0 saturated carbocycles. The number of rotatable bonds is 1. The number of nitrogens with zero attached hydrogens (tertiary/aromatic N) is 1. The second-order valence-corrected chi connectivity index (χ2v) is 4.88. The Kier molecular flexibility index (Phi) is 2.79. The van der Waals surface area contributed by atoms with Gasteiger partial charge in [0.25, 0.3) is 0 Å². The summed E-state index contributed by atoms with van der Waals surface area (Å²) in [5.74, 6) is 0.927. The lowest BCUT2D eigenvalue weighted by Gasteiger charge is -2.32. The highest BCUT2D eigenvalue weighted by Gasteiger charge is 2.30. The van der Waals surface area contributed by atoms with Gasteiger partial charge in [-0.3, -0.25) is 4.98 Å². The molecule has 2 unspecified atom stereocenters. The molecule has 2 rings (SSSR count). The molecule has 1 heterocycles. The van der Waals surface area contributed by atoms with Gasteiger partial charge in [-0.25, -0.2) is 0 Å². The number of aliphatic hydroxyl groups is 1. The Morgan fingerprint density at radius 1 is 1.40 bits per heavy atom. The lowest BCUT2D eigenvalue weighted by molar-refractivity contribution is 0.0660. The summed E-state index contributed by atoms with van der Waals surface area (Å²) >= 11 is 0. The maximum atomic E-state index is 10.2. The lowest BCUT2D eigenvalue weighted by Crippen LogP contribution is -2.25. The summed E-state index contributed by atoms with van der Waals surface area (Å²) in [6.07, 6.45) is 1.75. The summed E-state index contributed by atoms with van der Waals surface area (Å²) in [5.41, 5.74) is 3.19. The molecule has 2 heteroatoms. The fraction of sp³-hybridized carbons (Fsp3) is 0.615. The Morgan fingerprint density at radius 3 is 2.80 bits per heavy atom. The zero-order valence-corrected chi connectivity index (χ0v) is 9.70. The molecule has 1 aromatic rings. The SMILES string of the molecule is Cc1ccc2c(n1)CCC(C(C)C)C2O. The maximum absolute atomic E-state index is 10.2. The van der Waals surface area contributed by atoms with E-state index in [0.717, 1.165) is 29.8 Å². The summed E-state index contributed by atoms with van der Waals surface area (Å²) in [7, 11) is 0. The number of hydrogen-bond acceptors (Lipinski definition) is 2. The van der Waals surface area contributed by atoms with E-state index in [1.165, 1.54) is 0 Å². The van der Waals surface area contributed by atoms with E-state index in [1.807, 2.05) is 19.1 Å². The van der Waals surface area contributed by atoms with E-state index in [9.17, 15) is 5.11 Å². The first-order valence-corrected chi connectivity index (χ1v) is 5.74. The van der Waals surface area contributed by atoms with Gasteiger partial charge < -0.3 is 5.11 Å². The molecule has 0 aliphatic heterocycles. The molecular weight excluding hydrogens is 186 g/mol. The number of hydrogen-bond donors (Lipinski definition) is 1. The molecule has 0 bridgehead atoms. The van der Waals surface area contributed by atoms with E-state index in [2.05, 4.69) is 18.8 Å². The van der Waals surface area contributed by atoms with Crippen LogP contribution in [0.15, 0.2) is 12.1 Å². The number of aromatic nitrogens is 1. The maximum Gasteiger partial charge on any atom is 0.0838 e. The van der Waals surface area contributed by atoms with Gasteiger partial charge in [-0.1, -0.05) is 19.9 Å². The fourth-order valence-corrected chi connectivity index (χ4v) is 2.48. The minimum atomic E-state index is -0.318. The van der Waals surface area contributed by atoms with E-state index < -0.39 is 0 Å². The molecule has 2 atom stereocenters. The molecule has 1 aliphatic carbocycles. The van der Waals surface area contributed by atoms with Crippen LogP contribution in [0.4, 0.5) is 0 Å². The Bertz CT molecular complexity index is 360. The van der Waals surface area contributed by atoms with E-state index in [1.54, 1.807) is 0 Å². The summed E-state index contributed by atoms with van der Waals surface area (Å²) in [6, 6.07) is 4.03. The van der Waals surface area contributed by atoms with Crippen molar-refractivity contribution < 1.29 is 5.11 Å². The Morgan fingerprint density at radius 2 is 2.13 bits per heavy atom. The first-order valence-electron chi connectivity index (χ1n) is 5.74. The summed E-state index contributed by atoms with van der Waals surface area (Å²) in [5, 5.41) is 10.2. The van der Waals surface area contributed by atoms with Gasteiger partial charge >= 0.3 is 0 Å². The quantitative estimate of drug-likeness (QED) is 0.764. The van der Waals surface area contributed by atoms with E-state index in [4.69, 9.17) is 0 Å². The molecule has 0 fully saturated rings. The molecular formula is C13H19NO. The number of aliphatic hydroxyl groups excluding tert-OH is 1. The van der Waals surface area contributed by atoms with Gasteiger partial charge in [-0.15, -0.1) is 0 Å². The average Bonchev–Trinajstić information content (AvgIpc) is 2.17. The molecule has 0 spiro atoms. The second kappa shape index (κ2) is 3.93. The molecule has 0 amide bonds. The van der Waals surface area contributed by atoms with E-state index >= 15 is 0 Å². The topological polar surface area (TPSA) is 33.1 Å². The van der Waals surface area contributed by atoms with Crippen molar-refractivity contribution in [3.63, 3.8) is 0 Å². The van der Waals surface area contributed by atoms with Crippen LogP contribution in [0, 0.1) is 18.8 Å². The molecule has 15 heavy (non-hydrogen) atoms. The van der Waals surface area contributed by atoms with Crippen molar-refractivity contribution in [2.75, 3.05) is 0 Å². The van der Waals surface area contributed by atoms with Crippen molar-refractivity contribution >= 4 is 0 Å². The third-order valence-electron chi connectivity index (χ3n) is 3.44. The summed E-state index contributed by atoms with van der Waals surface area (Å²) in [6.45, 7) is 6.36. The predicted octanol–water partition coefficient (Wildman–Crippen LogP) is 2.64. The predicted molar refractivity (Wildman–Crippen MR) is 60.6 cm³/mol. The Hall–Kier alpha value is -0.890. The molecule has 1 aromatic heterocycles. The molecule has 0 radical (unpaired) electrons. The van der Waals surface area contributed by atoms with Gasteiger partial charge in [0.1, 0.15) is 0 Å². The van der Waals surface area contributed by atoms with Crippen LogP contribution in [0.25, 0.3) is 0 Å². The minimum Gasteiger partial charge on any atom is -0.388 e. The third-order valence-corrected chi connectivity index (χ3v) is 3.44. The third kappa shape index (κ3) is 1.91. The average molecular weight is 205 g/mol. The van der Waals surface area contributed by atoms with Crippen LogP contribution in [0.1, 0.15) is 43.3 Å². The summed E-state index contributed by atoms with van der Waals surface area (Å²) in [4.78, 5) is 4.50. The van der Waals surface area contributed by atoms with Gasteiger partial charge in [0.05, 0.1) is 6.10 Å². The molecule has 1 aliphatic rings. The van der Waals surface area contributed by atoms with Crippen LogP contribution in [-0.4, -0.2) is 10.1 Å². The molecule has 0 aromatic carbocycles. The highest BCUT2D eigenvalue weighted by molar-refractivity contribution is 5.28. The van der Waals surface area contributed by atoms with E-state index in [-0.39, 0.29) is 6.10 Å². The summed E-state index contributed by atoms with van der Waals surface area (Å²) < 4.78 is 0. The van der Waals surface area contributed by atoms with Crippen LogP contribution in [0.3, 0.4) is 0 Å². The number of pyridine rings is 1. The Balaban J connectivity index is 2.34. The van der Waals surface area contributed by atoms with Crippen molar-refractivity contribution in [2.24, 2.45) is 11.8 Å². The van der Waals surface area contributed by atoms with Gasteiger partial charge in [-0.2, -0.15) is 0 Å². The molecule has 2 nitrogen and oxygen atoms in total. The normalized spacial score (nSPS) is 25.4. The molecule has 0 saturated heterocycles. The van der Waals surface area contributed by atoms with Gasteiger partial charge in [-0.05, 0) is 37.7 Å². The highest BCUT2D eigenvalue weighted by atomic mass is 16.3. The van der Waals surface area contributed by atoms with Crippen LogP contribution in [0.5, 0.6) is 0 Å². The first kappa shape index (κ1) is 10.6. The van der Waals surface area contributed by atoms with Crippen LogP contribution >= 0.6 is 0 Å². The number of fused-ring (bicyclic) bond motifs is 1. The van der Waals surface area contributed by atoms with Crippen molar-refractivity contribution in [1.82, 2.24) is 4.98 Å². The monoisotopic (exact) mass is 205 g/mol. The smallest absolute Gasteiger partial charge is 0.0838 e. The van der Waals surface area contributed by atoms with Crippen LogP contribution in [0.2, 0.25) is 0 Å². The molecule has 82 valence electrons. The van der Waals surface area contributed by atoms with Crippen molar-refractivity contribution in [3.8, 4) is 0 Å². The van der Waals surface area contributed by atoms with Crippen molar-refractivity contribution in [3.05, 3.63) is 29.1 Å². The second-order valence-electron chi connectivity index (χ2n) is 4.88. The van der Waals surface area contributed by atoms with Gasteiger partial charge in [0, 0.05) is 17.0 Å². The first-order chi connectivity index (χ1) is 7.09. The zero-order chi connectivity index (χ0) is 11.0. The van der Waals surface area contributed by atoms with Crippen LogP contribution < -0.4 is 0 Å². The van der Waals surface area contributed by atoms with Gasteiger partial charge in [0.2, 0.25) is 0 Å². The van der Waals surface area contributed by atoms with Crippen LogP contribution in [-0.2, 0) is 6.42 Å². The largest absolute Gasteiger partial charge is 0.388 e. The van der Waals surface area contributed by atoms with Crippen molar-refractivity contribution in [1.29, 1.82) is 0 Å². The van der Waals surface area contributed by atoms with E-state index in [0.29, 0.717) is 11.8 Å². The molecule has 1 N–H and O–H groups in total. The Labute approximate surface area is 91.4 Å². The zero-order valence-electron chi connectivity index (χ0n) is 9.70. The van der Waals surface area contributed by atoms with Crippen molar-refractivity contribution in [2.45, 2.75) is 39.7 Å². The minimum absolute atomic E-state index is 0.318. The standard InChI is InChI=1S/C13H19NO/c1-8(2)10-6-7-12-11(13(10)15)5-4-9(3)14-12/h4-5,8,10,13,15H,6-7H2,1-3H3. The highest BCUT2D eigenvalue weighted by Crippen LogP contribution is 2.37. The fourth-order valence-electron chi connectivity index (χ4n) is 2.48.